The Hall–Kier alpha value is -1.94. The fourth-order valence-corrected chi connectivity index (χ4v) is 2.05. The fraction of sp³-hybridized carbons (Fsp3) is 0.200. The third-order valence-electron chi connectivity index (χ3n) is 2.96. The lowest BCUT2D eigenvalue weighted by Crippen LogP contribution is -2.15. The van der Waals surface area contributed by atoms with E-state index in [-0.39, 0.29) is 0 Å². The average molecular weight is 271 g/mol. The van der Waals surface area contributed by atoms with Gasteiger partial charge in [0.25, 0.3) is 0 Å². The normalized spacial score (nSPS) is 10.3. The first-order valence-electron chi connectivity index (χ1n) is 6.06. The van der Waals surface area contributed by atoms with Gasteiger partial charge < -0.3 is 10.6 Å². The van der Waals surface area contributed by atoms with Crippen LogP contribution in [0.5, 0.6) is 0 Å². The number of benzene rings is 1. The predicted molar refractivity (Wildman–Crippen MR) is 84.1 cm³/mol. The van der Waals surface area contributed by atoms with Crippen LogP contribution in [0.2, 0.25) is 0 Å². The van der Waals surface area contributed by atoms with Crippen LogP contribution in [0.25, 0.3) is 0 Å². The molecule has 0 radical (unpaired) electrons. The van der Waals surface area contributed by atoms with Crippen molar-refractivity contribution >= 4 is 28.7 Å². The molecule has 0 unspecified atom stereocenters. The van der Waals surface area contributed by atoms with Crippen molar-refractivity contribution in [1.29, 1.82) is 0 Å². The summed E-state index contributed by atoms with van der Waals surface area (Å²) in [6, 6.07) is 12.1. The van der Waals surface area contributed by atoms with E-state index in [1.807, 2.05) is 37.1 Å². The molecule has 0 bridgehead atoms. The van der Waals surface area contributed by atoms with Gasteiger partial charge in [0.2, 0.25) is 0 Å². The maximum atomic E-state index is 5.70. The fourth-order valence-electron chi connectivity index (χ4n) is 1.93. The second-order valence-corrected chi connectivity index (χ2v) is 5.06. The molecule has 0 aliphatic heterocycles. The Labute approximate surface area is 119 Å². The second kappa shape index (κ2) is 5.36. The van der Waals surface area contributed by atoms with Gasteiger partial charge in [0.15, 0.2) is 0 Å². The number of pyridine rings is 1. The highest BCUT2D eigenvalue weighted by atomic mass is 32.1. The van der Waals surface area contributed by atoms with Crippen LogP contribution >= 0.6 is 12.2 Å². The first kappa shape index (κ1) is 13.5. The predicted octanol–water partition coefficient (Wildman–Crippen LogP) is 3.10. The first-order valence-corrected chi connectivity index (χ1v) is 6.47. The molecule has 0 aliphatic carbocycles. The van der Waals surface area contributed by atoms with Crippen molar-refractivity contribution in [3.8, 4) is 0 Å². The molecule has 0 atom stereocenters. The van der Waals surface area contributed by atoms with Crippen LogP contribution in [0.1, 0.15) is 16.8 Å². The van der Waals surface area contributed by atoms with Crippen LogP contribution in [-0.4, -0.2) is 17.0 Å². The summed E-state index contributed by atoms with van der Waals surface area (Å²) in [4.78, 5) is 6.96. The number of anilines is 2. The number of thiocarbonyl (C=S) groups is 1. The number of rotatable bonds is 3. The number of nitrogens with zero attached hydrogens (tertiary/aromatic N) is 2. The van der Waals surface area contributed by atoms with Crippen LogP contribution in [0.15, 0.2) is 36.4 Å². The van der Waals surface area contributed by atoms with E-state index in [1.165, 1.54) is 5.56 Å². The van der Waals surface area contributed by atoms with Crippen molar-refractivity contribution < 1.29 is 0 Å². The SMILES string of the molecule is Cc1cccc(N(C)c2cc(C(N)=S)cc(C)n2)c1. The molecule has 3 nitrogen and oxygen atoms in total. The van der Waals surface area contributed by atoms with Gasteiger partial charge in [-0.25, -0.2) is 4.98 Å². The lowest BCUT2D eigenvalue weighted by molar-refractivity contribution is 1.09. The van der Waals surface area contributed by atoms with Crippen LogP contribution in [0.4, 0.5) is 11.5 Å². The highest BCUT2D eigenvalue weighted by Gasteiger charge is 2.08. The molecule has 1 aromatic carbocycles. The summed E-state index contributed by atoms with van der Waals surface area (Å²) in [5.74, 6) is 0.841. The van der Waals surface area contributed by atoms with Gasteiger partial charge >= 0.3 is 0 Å². The van der Waals surface area contributed by atoms with Crippen LogP contribution in [-0.2, 0) is 0 Å². The Morgan fingerprint density at radius 1 is 1.21 bits per heavy atom. The summed E-state index contributed by atoms with van der Waals surface area (Å²) in [7, 11) is 1.99. The largest absolute Gasteiger partial charge is 0.389 e. The van der Waals surface area contributed by atoms with E-state index in [9.17, 15) is 0 Å². The molecule has 0 saturated heterocycles. The lowest BCUT2D eigenvalue weighted by Gasteiger charge is -2.20. The number of hydrogen-bond donors (Lipinski definition) is 1. The monoisotopic (exact) mass is 271 g/mol. The number of nitrogens with two attached hydrogens (primary N) is 1. The molecule has 0 fully saturated rings. The molecular weight excluding hydrogens is 254 g/mol. The van der Waals surface area contributed by atoms with E-state index in [0.717, 1.165) is 22.8 Å². The van der Waals surface area contributed by atoms with Crippen molar-refractivity contribution in [3.63, 3.8) is 0 Å². The molecule has 1 aromatic heterocycles. The zero-order chi connectivity index (χ0) is 14.0. The molecule has 0 aliphatic rings. The molecule has 2 N–H and O–H groups in total. The second-order valence-electron chi connectivity index (χ2n) is 4.62. The summed E-state index contributed by atoms with van der Waals surface area (Å²) >= 11 is 5.04. The van der Waals surface area contributed by atoms with Crippen molar-refractivity contribution in [3.05, 3.63) is 53.2 Å². The highest BCUT2D eigenvalue weighted by Crippen LogP contribution is 2.23. The molecule has 4 heteroatoms. The number of aromatic nitrogens is 1. The maximum Gasteiger partial charge on any atom is 0.133 e. The minimum absolute atomic E-state index is 0.393. The summed E-state index contributed by atoms with van der Waals surface area (Å²) in [6.07, 6.45) is 0. The molecular formula is C15H17N3S. The van der Waals surface area contributed by atoms with Gasteiger partial charge in [0.05, 0.1) is 0 Å². The van der Waals surface area contributed by atoms with Crippen molar-refractivity contribution in [2.75, 3.05) is 11.9 Å². The van der Waals surface area contributed by atoms with E-state index in [0.29, 0.717) is 4.99 Å². The zero-order valence-electron chi connectivity index (χ0n) is 11.3. The van der Waals surface area contributed by atoms with Gasteiger partial charge in [0.1, 0.15) is 10.8 Å². The van der Waals surface area contributed by atoms with Gasteiger partial charge in [-0.3, -0.25) is 0 Å². The Bertz CT molecular complexity index is 623. The molecule has 98 valence electrons. The minimum Gasteiger partial charge on any atom is -0.389 e. The van der Waals surface area contributed by atoms with Gasteiger partial charge in [0, 0.05) is 24.0 Å². The molecule has 0 spiro atoms. The summed E-state index contributed by atoms with van der Waals surface area (Å²) < 4.78 is 0. The smallest absolute Gasteiger partial charge is 0.133 e. The topological polar surface area (TPSA) is 42.1 Å². The summed E-state index contributed by atoms with van der Waals surface area (Å²) in [5.41, 5.74) is 9.75. The first-order chi connectivity index (χ1) is 8.97. The minimum atomic E-state index is 0.393. The highest BCUT2D eigenvalue weighted by molar-refractivity contribution is 7.80. The quantitative estimate of drug-likeness (QED) is 0.871. The van der Waals surface area contributed by atoms with Crippen LogP contribution < -0.4 is 10.6 Å². The molecule has 0 saturated carbocycles. The molecule has 1 heterocycles. The average Bonchev–Trinajstić information content (AvgIpc) is 2.37. The Kier molecular flexibility index (Phi) is 3.81. The van der Waals surface area contributed by atoms with Gasteiger partial charge in [-0.05, 0) is 43.7 Å². The Morgan fingerprint density at radius 2 is 1.95 bits per heavy atom. The van der Waals surface area contributed by atoms with Gasteiger partial charge in [-0.15, -0.1) is 0 Å². The summed E-state index contributed by atoms with van der Waals surface area (Å²) in [6.45, 7) is 4.01. The number of aryl methyl sites for hydroxylation is 2. The Morgan fingerprint density at radius 3 is 2.58 bits per heavy atom. The molecule has 19 heavy (non-hydrogen) atoms. The molecule has 2 rings (SSSR count). The third kappa shape index (κ3) is 3.09. The van der Waals surface area contributed by atoms with Crippen molar-refractivity contribution in [2.45, 2.75) is 13.8 Å². The van der Waals surface area contributed by atoms with Crippen molar-refractivity contribution in [1.82, 2.24) is 4.98 Å². The van der Waals surface area contributed by atoms with E-state index < -0.39 is 0 Å². The van der Waals surface area contributed by atoms with Crippen molar-refractivity contribution in [2.24, 2.45) is 5.73 Å². The number of hydrogen-bond acceptors (Lipinski definition) is 3. The van der Waals surface area contributed by atoms with E-state index >= 15 is 0 Å². The van der Waals surface area contributed by atoms with E-state index in [4.69, 9.17) is 18.0 Å². The zero-order valence-corrected chi connectivity index (χ0v) is 12.2. The van der Waals surface area contributed by atoms with Crippen LogP contribution in [0.3, 0.4) is 0 Å². The van der Waals surface area contributed by atoms with Crippen LogP contribution in [0, 0.1) is 13.8 Å². The van der Waals surface area contributed by atoms with Gasteiger partial charge in [-0.1, -0.05) is 24.4 Å². The molecule has 0 amide bonds. The third-order valence-corrected chi connectivity index (χ3v) is 3.19. The standard InChI is InChI=1S/C15H17N3S/c1-10-5-4-6-13(7-10)18(3)14-9-12(15(16)19)8-11(2)17-14/h4-9H,1-3H3,(H2,16,19). The summed E-state index contributed by atoms with van der Waals surface area (Å²) in [5, 5.41) is 0. The lowest BCUT2D eigenvalue weighted by atomic mass is 10.2. The maximum absolute atomic E-state index is 5.70. The van der Waals surface area contributed by atoms with Gasteiger partial charge in [-0.2, -0.15) is 0 Å². The molecule has 2 aromatic rings. The van der Waals surface area contributed by atoms with E-state index in [2.05, 4.69) is 30.1 Å². The van der Waals surface area contributed by atoms with E-state index in [1.54, 1.807) is 0 Å². The Balaban J connectivity index is 2.43.